The van der Waals surface area contributed by atoms with Crippen molar-refractivity contribution in [3.8, 4) is 0 Å². The van der Waals surface area contributed by atoms with Crippen LogP contribution in [0.4, 0.5) is 0 Å². The average Bonchev–Trinajstić information content (AvgIpc) is 2.52. The van der Waals surface area contributed by atoms with Crippen molar-refractivity contribution >= 4 is 17.3 Å². The second-order valence-electron chi connectivity index (χ2n) is 2.28. The summed E-state index contributed by atoms with van der Waals surface area (Å²) in [4.78, 5) is 12.1. The summed E-state index contributed by atoms with van der Waals surface area (Å²) in [6.07, 6.45) is 0. The van der Waals surface area contributed by atoms with Gasteiger partial charge in [-0.2, -0.15) is 0 Å². The predicted molar refractivity (Wildman–Crippen MR) is 48.4 cm³/mol. The van der Waals surface area contributed by atoms with Gasteiger partial charge < -0.3 is 10.1 Å². The number of rotatable bonds is 3. The first-order chi connectivity index (χ1) is 5.79. The van der Waals surface area contributed by atoms with Crippen molar-refractivity contribution in [3.05, 3.63) is 21.9 Å². The summed E-state index contributed by atoms with van der Waals surface area (Å²) in [6, 6.07) is 1.78. The first-order valence-corrected chi connectivity index (χ1v) is 4.47. The third-order valence-corrected chi connectivity index (χ3v) is 2.41. The average molecular weight is 185 g/mol. The third kappa shape index (κ3) is 1.84. The predicted octanol–water partition coefficient (Wildman–Crippen LogP) is 1.25. The smallest absolute Gasteiger partial charge is 0.339 e. The summed E-state index contributed by atoms with van der Waals surface area (Å²) in [5.41, 5.74) is 0.664. The van der Waals surface area contributed by atoms with Crippen molar-refractivity contribution in [2.75, 3.05) is 14.2 Å². The highest BCUT2D eigenvalue weighted by Crippen LogP contribution is 2.16. The molecule has 1 aromatic rings. The van der Waals surface area contributed by atoms with E-state index < -0.39 is 0 Å². The normalized spacial score (nSPS) is 9.83. The lowest BCUT2D eigenvalue weighted by Crippen LogP contribution is -2.09. The minimum Gasteiger partial charge on any atom is -0.465 e. The lowest BCUT2D eigenvalue weighted by Gasteiger charge is -1.99. The van der Waals surface area contributed by atoms with E-state index in [0.717, 1.165) is 4.88 Å². The van der Waals surface area contributed by atoms with E-state index in [1.54, 1.807) is 17.4 Å². The van der Waals surface area contributed by atoms with Gasteiger partial charge in [0.2, 0.25) is 0 Å². The Bertz CT molecular complexity index is 270. The summed E-state index contributed by atoms with van der Waals surface area (Å²) in [5.74, 6) is -0.262. The molecule has 1 aromatic heterocycles. The van der Waals surface area contributed by atoms with Crippen molar-refractivity contribution in [2.24, 2.45) is 0 Å². The van der Waals surface area contributed by atoms with Crippen LogP contribution in [0.25, 0.3) is 0 Å². The molecule has 0 spiro atoms. The van der Waals surface area contributed by atoms with E-state index >= 15 is 0 Å². The number of nitrogens with one attached hydrogen (secondary N) is 1. The number of methoxy groups -OCH3 is 1. The molecule has 1 rings (SSSR count). The Morgan fingerprint density at radius 3 is 3.08 bits per heavy atom. The molecule has 1 N–H and O–H groups in total. The van der Waals surface area contributed by atoms with Crippen LogP contribution in [0.3, 0.4) is 0 Å². The minimum atomic E-state index is -0.262. The van der Waals surface area contributed by atoms with Crippen LogP contribution in [-0.4, -0.2) is 20.1 Å². The molecule has 0 radical (unpaired) electrons. The van der Waals surface area contributed by atoms with Gasteiger partial charge in [-0.25, -0.2) is 4.79 Å². The maximum atomic E-state index is 11.1. The quantitative estimate of drug-likeness (QED) is 0.720. The van der Waals surface area contributed by atoms with Gasteiger partial charge in [-0.15, -0.1) is 11.3 Å². The van der Waals surface area contributed by atoms with E-state index in [4.69, 9.17) is 0 Å². The molecule has 4 heteroatoms. The molecule has 0 amide bonds. The Hall–Kier alpha value is -0.870. The number of thiophene rings is 1. The van der Waals surface area contributed by atoms with Crippen molar-refractivity contribution in [1.82, 2.24) is 5.32 Å². The summed E-state index contributed by atoms with van der Waals surface area (Å²) in [7, 11) is 3.24. The van der Waals surface area contributed by atoms with E-state index in [9.17, 15) is 4.79 Å². The second-order valence-corrected chi connectivity index (χ2v) is 3.28. The molecule has 12 heavy (non-hydrogen) atoms. The van der Waals surface area contributed by atoms with Crippen LogP contribution in [0.5, 0.6) is 0 Å². The van der Waals surface area contributed by atoms with Gasteiger partial charge in [-0.3, -0.25) is 0 Å². The van der Waals surface area contributed by atoms with Gasteiger partial charge in [0.1, 0.15) is 0 Å². The molecule has 0 aromatic carbocycles. The van der Waals surface area contributed by atoms with Crippen LogP contribution in [0, 0.1) is 0 Å². The molecule has 1 heterocycles. The fourth-order valence-corrected chi connectivity index (χ4v) is 1.80. The van der Waals surface area contributed by atoms with Crippen molar-refractivity contribution < 1.29 is 9.53 Å². The number of esters is 1. The van der Waals surface area contributed by atoms with Gasteiger partial charge in [0.25, 0.3) is 0 Å². The molecule has 3 nitrogen and oxygen atoms in total. The fourth-order valence-electron chi connectivity index (χ4n) is 0.930. The molecule has 0 aliphatic carbocycles. The van der Waals surface area contributed by atoms with Crippen molar-refractivity contribution in [1.29, 1.82) is 0 Å². The maximum Gasteiger partial charge on any atom is 0.339 e. The van der Waals surface area contributed by atoms with Crippen LogP contribution in [0.15, 0.2) is 11.4 Å². The highest BCUT2D eigenvalue weighted by molar-refractivity contribution is 7.10. The summed E-state index contributed by atoms with van der Waals surface area (Å²) >= 11 is 1.55. The standard InChI is InChI=1S/C8H11NO2S/c1-9-5-7-6(3-4-12-7)8(10)11-2/h3-4,9H,5H2,1-2H3. The number of carbonyl (C=O) groups is 1. The molecular formula is C8H11NO2S. The zero-order chi connectivity index (χ0) is 8.97. The number of carbonyl (C=O) groups excluding carboxylic acids is 1. The summed E-state index contributed by atoms with van der Waals surface area (Å²) in [5, 5.41) is 4.88. The Morgan fingerprint density at radius 2 is 2.50 bits per heavy atom. The van der Waals surface area contributed by atoms with E-state index in [2.05, 4.69) is 10.1 Å². The number of hydrogen-bond acceptors (Lipinski definition) is 4. The van der Waals surface area contributed by atoms with Gasteiger partial charge in [-0.05, 0) is 18.5 Å². The molecular weight excluding hydrogens is 174 g/mol. The molecule has 0 unspecified atom stereocenters. The zero-order valence-corrected chi connectivity index (χ0v) is 7.90. The highest BCUT2D eigenvalue weighted by Gasteiger charge is 2.11. The minimum absolute atomic E-state index is 0.262. The first-order valence-electron chi connectivity index (χ1n) is 3.59. The van der Waals surface area contributed by atoms with E-state index in [1.165, 1.54) is 7.11 Å². The summed E-state index contributed by atoms with van der Waals surface area (Å²) in [6.45, 7) is 0.710. The van der Waals surface area contributed by atoms with Crippen LogP contribution >= 0.6 is 11.3 Å². The molecule has 0 saturated heterocycles. The molecule has 0 bridgehead atoms. The fraction of sp³-hybridized carbons (Fsp3) is 0.375. The maximum absolute atomic E-state index is 11.1. The largest absolute Gasteiger partial charge is 0.465 e. The Labute approximate surface area is 75.4 Å². The van der Waals surface area contributed by atoms with E-state index in [-0.39, 0.29) is 5.97 Å². The monoisotopic (exact) mass is 185 g/mol. The molecule has 0 aliphatic heterocycles. The van der Waals surface area contributed by atoms with Crippen LogP contribution in [-0.2, 0) is 11.3 Å². The highest BCUT2D eigenvalue weighted by atomic mass is 32.1. The zero-order valence-electron chi connectivity index (χ0n) is 7.09. The number of hydrogen-bond donors (Lipinski definition) is 1. The second kappa shape index (κ2) is 4.23. The molecule has 0 atom stereocenters. The van der Waals surface area contributed by atoms with Crippen LogP contribution < -0.4 is 5.32 Å². The summed E-state index contributed by atoms with van der Waals surface area (Å²) < 4.78 is 4.62. The van der Waals surface area contributed by atoms with E-state index in [1.807, 2.05) is 12.4 Å². The number of ether oxygens (including phenoxy) is 1. The van der Waals surface area contributed by atoms with Gasteiger partial charge in [-0.1, -0.05) is 0 Å². The van der Waals surface area contributed by atoms with E-state index in [0.29, 0.717) is 12.1 Å². The molecule has 66 valence electrons. The van der Waals surface area contributed by atoms with Crippen molar-refractivity contribution in [2.45, 2.75) is 6.54 Å². The Kier molecular flexibility index (Phi) is 3.25. The Balaban J connectivity index is 2.83. The topological polar surface area (TPSA) is 38.3 Å². The first kappa shape index (κ1) is 9.22. The molecule has 0 aliphatic rings. The van der Waals surface area contributed by atoms with Gasteiger partial charge in [0.15, 0.2) is 0 Å². The van der Waals surface area contributed by atoms with Gasteiger partial charge in [0.05, 0.1) is 12.7 Å². The third-order valence-electron chi connectivity index (χ3n) is 1.49. The Morgan fingerprint density at radius 1 is 1.75 bits per heavy atom. The molecule has 0 saturated carbocycles. The lowest BCUT2D eigenvalue weighted by atomic mass is 10.2. The lowest BCUT2D eigenvalue weighted by molar-refractivity contribution is 0.0600. The van der Waals surface area contributed by atoms with Gasteiger partial charge >= 0.3 is 5.97 Å². The van der Waals surface area contributed by atoms with Crippen LogP contribution in [0.1, 0.15) is 15.2 Å². The van der Waals surface area contributed by atoms with Crippen molar-refractivity contribution in [3.63, 3.8) is 0 Å². The van der Waals surface area contributed by atoms with Gasteiger partial charge in [0, 0.05) is 11.4 Å². The SMILES string of the molecule is CNCc1sccc1C(=O)OC. The van der Waals surface area contributed by atoms with Crippen LogP contribution in [0.2, 0.25) is 0 Å². The molecule has 0 fully saturated rings.